The summed E-state index contributed by atoms with van der Waals surface area (Å²) in [6.07, 6.45) is 4.79. The summed E-state index contributed by atoms with van der Waals surface area (Å²) in [7, 11) is 0. The van der Waals surface area contributed by atoms with Crippen molar-refractivity contribution in [3.05, 3.63) is 24.0 Å². The zero-order valence-electron chi connectivity index (χ0n) is 13.7. The number of pyridine rings is 1. The van der Waals surface area contributed by atoms with Crippen LogP contribution >= 0.6 is 0 Å². The third-order valence-corrected chi connectivity index (χ3v) is 4.67. The lowest BCUT2D eigenvalue weighted by molar-refractivity contribution is 0.0739. The number of amides is 2. The maximum atomic E-state index is 12.5. The second kappa shape index (κ2) is 7.60. The van der Waals surface area contributed by atoms with Gasteiger partial charge in [0.15, 0.2) is 0 Å². The van der Waals surface area contributed by atoms with E-state index in [-0.39, 0.29) is 18.7 Å². The van der Waals surface area contributed by atoms with Gasteiger partial charge in [0.05, 0.1) is 11.9 Å². The first-order valence-corrected chi connectivity index (χ1v) is 8.46. The Morgan fingerprint density at radius 2 is 2.25 bits per heavy atom. The van der Waals surface area contributed by atoms with E-state index in [4.69, 9.17) is 5.26 Å². The summed E-state index contributed by atoms with van der Waals surface area (Å²) < 4.78 is 0. The van der Waals surface area contributed by atoms with Gasteiger partial charge in [-0.2, -0.15) is 5.26 Å². The highest BCUT2D eigenvalue weighted by Crippen LogP contribution is 2.31. The molecule has 1 aromatic rings. The molecule has 2 heterocycles. The summed E-state index contributed by atoms with van der Waals surface area (Å²) in [5.74, 6) is 0.802. The van der Waals surface area contributed by atoms with Crippen LogP contribution < -0.4 is 5.32 Å². The minimum absolute atomic E-state index is 0.140. The molecule has 1 atom stereocenters. The van der Waals surface area contributed by atoms with Crippen LogP contribution in [0.3, 0.4) is 0 Å². The Hall–Kier alpha value is -2.17. The molecule has 1 aromatic heterocycles. The highest BCUT2D eigenvalue weighted by Gasteiger charge is 2.33. The van der Waals surface area contributed by atoms with Crippen molar-refractivity contribution in [1.29, 1.82) is 5.26 Å². The minimum atomic E-state index is -0.157. The molecule has 1 aliphatic carbocycles. The third kappa shape index (κ3) is 4.22. The van der Waals surface area contributed by atoms with Gasteiger partial charge in [-0.3, -0.25) is 4.90 Å². The monoisotopic (exact) mass is 329 g/mol. The summed E-state index contributed by atoms with van der Waals surface area (Å²) in [5.41, 5.74) is 0.905. The van der Waals surface area contributed by atoms with Crippen LogP contribution in [-0.2, 0) is 0 Å². The van der Waals surface area contributed by atoms with E-state index in [9.17, 15) is 9.90 Å². The molecule has 3 rings (SSSR count). The van der Waals surface area contributed by atoms with Crippen molar-refractivity contribution in [3.63, 3.8) is 0 Å². The van der Waals surface area contributed by atoms with Crippen molar-refractivity contribution in [2.45, 2.75) is 25.3 Å². The number of anilines is 1. The zero-order chi connectivity index (χ0) is 16.9. The predicted octanol–water partition coefficient (Wildman–Crippen LogP) is 1.26. The molecule has 0 spiro atoms. The number of piperazine rings is 1. The predicted molar refractivity (Wildman–Crippen MR) is 89.3 cm³/mol. The molecule has 0 aromatic carbocycles. The summed E-state index contributed by atoms with van der Waals surface area (Å²) in [6.45, 7) is 3.38. The molecule has 2 aliphatic rings. The molecule has 0 unspecified atom stereocenters. The second-order valence-corrected chi connectivity index (χ2v) is 6.52. The average Bonchev–Trinajstić information content (AvgIpc) is 3.41. The molecule has 7 heteroatoms. The number of nitrogens with one attached hydrogen (secondary N) is 1. The van der Waals surface area contributed by atoms with Crippen LogP contribution in [0.4, 0.5) is 10.5 Å². The van der Waals surface area contributed by atoms with Crippen LogP contribution in [0.25, 0.3) is 0 Å². The molecular formula is C17H23N5O2. The minimum Gasteiger partial charge on any atom is -0.396 e. The fraction of sp³-hybridized carbons (Fsp3) is 0.588. The average molecular weight is 329 g/mol. The standard InChI is InChI=1S/C17H23N5O2/c18-9-14-3-4-15(10-19-14)20-17(24)22-7-6-21(11-13-1-2-13)16(12-22)5-8-23/h3-4,10,13,16,23H,1-2,5-8,11-12H2,(H,20,24)/t16-/m0/s1. The Balaban J connectivity index is 1.57. The Kier molecular flexibility index (Phi) is 5.28. The smallest absolute Gasteiger partial charge is 0.321 e. The third-order valence-electron chi connectivity index (χ3n) is 4.67. The van der Waals surface area contributed by atoms with Gasteiger partial charge >= 0.3 is 6.03 Å². The van der Waals surface area contributed by atoms with Crippen LogP contribution in [0, 0.1) is 17.2 Å². The first-order valence-electron chi connectivity index (χ1n) is 8.46. The normalized spacial score (nSPS) is 21.3. The van der Waals surface area contributed by atoms with Gasteiger partial charge in [-0.05, 0) is 37.3 Å². The second-order valence-electron chi connectivity index (χ2n) is 6.52. The summed E-state index contributed by atoms with van der Waals surface area (Å²) in [5, 5.41) is 20.9. The quantitative estimate of drug-likeness (QED) is 0.848. The number of aromatic nitrogens is 1. The van der Waals surface area contributed by atoms with Crippen molar-refractivity contribution in [2.24, 2.45) is 5.92 Å². The van der Waals surface area contributed by atoms with E-state index in [2.05, 4.69) is 15.2 Å². The van der Waals surface area contributed by atoms with Crippen LogP contribution in [0.15, 0.2) is 18.3 Å². The highest BCUT2D eigenvalue weighted by atomic mass is 16.3. The lowest BCUT2D eigenvalue weighted by atomic mass is 10.1. The Morgan fingerprint density at radius 1 is 1.42 bits per heavy atom. The van der Waals surface area contributed by atoms with Crippen molar-refractivity contribution in [3.8, 4) is 6.07 Å². The largest absolute Gasteiger partial charge is 0.396 e. The Morgan fingerprint density at radius 3 is 2.88 bits per heavy atom. The molecule has 1 saturated heterocycles. The van der Waals surface area contributed by atoms with Crippen LogP contribution in [-0.4, -0.2) is 64.7 Å². The molecular weight excluding hydrogens is 306 g/mol. The van der Waals surface area contributed by atoms with Crippen molar-refractivity contribution >= 4 is 11.7 Å². The Labute approximate surface area is 141 Å². The van der Waals surface area contributed by atoms with E-state index in [1.807, 2.05) is 6.07 Å². The molecule has 2 fully saturated rings. The number of hydrogen-bond donors (Lipinski definition) is 2. The molecule has 0 bridgehead atoms. The molecule has 2 amide bonds. The molecule has 1 saturated carbocycles. The van der Waals surface area contributed by atoms with E-state index in [0.29, 0.717) is 30.9 Å². The number of nitrogens with zero attached hydrogens (tertiary/aromatic N) is 4. The van der Waals surface area contributed by atoms with E-state index < -0.39 is 0 Å². The van der Waals surface area contributed by atoms with E-state index in [0.717, 1.165) is 19.0 Å². The zero-order valence-corrected chi connectivity index (χ0v) is 13.7. The first kappa shape index (κ1) is 16.7. The number of carbonyl (C=O) groups excluding carboxylic acids is 1. The highest BCUT2D eigenvalue weighted by molar-refractivity contribution is 5.89. The van der Waals surface area contributed by atoms with Gasteiger partial charge in [-0.25, -0.2) is 9.78 Å². The maximum Gasteiger partial charge on any atom is 0.321 e. The SMILES string of the molecule is N#Cc1ccc(NC(=O)N2CCN(CC3CC3)[C@@H](CCO)C2)cn1. The number of urea groups is 1. The van der Waals surface area contributed by atoms with Crippen LogP contribution in [0.5, 0.6) is 0 Å². The lowest BCUT2D eigenvalue weighted by Crippen LogP contribution is -2.56. The number of aliphatic hydroxyl groups is 1. The Bertz CT molecular complexity index is 608. The molecule has 0 radical (unpaired) electrons. The summed E-state index contributed by atoms with van der Waals surface area (Å²) in [4.78, 5) is 20.6. The van der Waals surface area contributed by atoms with Gasteiger partial charge in [0, 0.05) is 38.8 Å². The maximum absolute atomic E-state index is 12.5. The molecule has 2 N–H and O–H groups in total. The van der Waals surface area contributed by atoms with Crippen LogP contribution in [0.1, 0.15) is 25.0 Å². The van der Waals surface area contributed by atoms with Crippen LogP contribution in [0.2, 0.25) is 0 Å². The van der Waals surface area contributed by atoms with Crippen molar-refractivity contribution in [1.82, 2.24) is 14.8 Å². The van der Waals surface area contributed by atoms with Crippen molar-refractivity contribution in [2.75, 3.05) is 38.1 Å². The van der Waals surface area contributed by atoms with Gasteiger partial charge in [-0.15, -0.1) is 0 Å². The fourth-order valence-corrected chi connectivity index (χ4v) is 3.11. The number of rotatable bonds is 5. The molecule has 24 heavy (non-hydrogen) atoms. The van der Waals surface area contributed by atoms with E-state index in [1.165, 1.54) is 19.0 Å². The van der Waals surface area contributed by atoms with Gasteiger partial charge < -0.3 is 15.3 Å². The van der Waals surface area contributed by atoms with Gasteiger partial charge in [-0.1, -0.05) is 0 Å². The molecule has 128 valence electrons. The van der Waals surface area contributed by atoms with E-state index in [1.54, 1.807) is 17.0 Å². The summed E-state index contributed by atoms with van der Waals surface area (Å²) in [6, 6.07) is 5.27. The number of nitriles is 1. The molecule has 7 nitrogen and oxygen atoms in total. The van der Waals surface area contributed by atoms with Gasteiger partial charge in [0.25, 0.3) is 0 Å². The van der Waals surface area contributed by atoms with E-state index >= 15 is 0 Å². The van der Waals surface area contributed by atoms with Crippen molar-refractivity contribution < 1.29 is 9.90 Å². The fourth-order valence-electron chi connectivity index (χ4n) is 3.11. The lowest BCUT2D eigenvalue weighted by Gasteiger charge is -2.41. The van der Waals surface area contributed by atoms with Gasteiger partial charge in [0.2, 0.25) is 0 Å². The van der Waals surface area contributed by atoms with Gasteiger partial charge in [0.1, 0.15) is 11.8 Å². The number of carbonyl (C=O) groups is 1. The topological polar surface area (TPSA) is 92.5 Å². The molecule has 1 aliphatic heterocycles. The number of aliphatic hydroxyl groups excluding tert-OH is 1. The number of hydrogen-bond acceptors (Lipinski definition) is 5. The summed E-state index contributed by atoms with van der Waals surface area (Å²) >= 11 is 0. The first-order chi connectivity index (χ1) is 11.7.